The van der Waals surface area contributed by atoms with Gasteiger partial charge in [0, 0.05) is 10.2 Å². The van der Waals surface area contributed by atoms with Crippen molar-refractivity contribution in [1.29, 1.82) is 0 Å². The third-order valence-electron chi connectivity index (χ3n) is 1.56. The van der Waals surface area contributed by atoms with Crippen molar-refractivity contribution in [3.63, 3.8) is 0 Å². The largest absolute Gasteiger partial charge is 0.459 e. The van der Waals surface area contributed by atoms with Crippen molar-refractivity contribution in [2.24, 2.45) is 0 Å². The van der Waals surface area contributed by atoms with Gasteiger partial charge in [0.05, 0.1) is 6.61 Å². The van der Waals surface area contributed by atoms with E-state index in [4.69, 9.17) is 0 Å². The summed E-state index contributed by atoms with van der Waals surface area (Å²) in [4.78, 5) is 22.2. The Bertz CT molecular complexity index is 361. The van der Waals surface area contributed by atoms with Gasteiger partial charge in [-0.05, 0) is 31.2 Å². The van der Waals surface area contributed by atoms with Crippen LogP contribution in [0.25, 0.3) is 0 Å². The molecular formula is C10H10BrNO3. The fourth-order valence-corrected chi connectivity index (χ4v) is 1.18. The minimum atomic E-state index is -0.875. The van der Waals surface area contributed by atoms with E-state index in [1.54, 1.807) is 31.2 Å². The van der Waals surface area contributed by atoms with Gasteiger partial charge in [-0.2, -0.15) is 0 Å². The Balaban J connectivity index is 2.58. The number of nitrogens with one attached hydrogen (secondary N) is 1. The van der Waals surface area contributed by atoms with Crippen LogP contribution in [0.1, 0.15) is 6.92 Å². The maximum absolute atomic E-state index is 11.2. The van der Waals surface area contributed by atoms with Crippen molar-refractivity contribution in [2.75, 3.05) is 11.9 Å². The highest BCUT2D eigenvalue weighted by Crippen LogP contribution is 2.13. The molecule has 0 aliphatic carbocycles. The summed E-state index contributed by atoms with van der Waals surface area (Å²) in [5.41, 5.74) is 0.552. The highest BCUT2D eigenvalue weighted by atomic mass is 79.9. The van der Waals surface area contributed by atoms with E-state index in [9.17, 15) is 9.59 Å². The maximum atomic E-state index is 11.2. The lowest BCUT2D eigenvalue weighted by atomic mass is 10.3. The molecule has 1 aromatic carbocycles. The van der Waals surface area contributed by atoms with Crippen LogP contribution in [0.2, 0.25) is 0 Å². The Morgan fingerprint density at radius 1 is 1.33 bits per heavy atom. The number of esters is 1. The minimum absolute atomic E-state index is 0.187. The van der Waals surface area contributed by atoms with Crippen LogP contribution in [0, 0.1) is 0 Å². The van der Waals surface area contributed by atoms with Gasteiger partial charge >= 0.3 is 11.9 Å². The molecule has 0 saturated heterocycles. The summed E-state index contributed by atoms with van der Waals surface area (Å²) in [5, 5.41) is 2.42. The molecule has 0 fully saturated rings. The van der Waals surface area contributed by atoms with Crippen LogP contribution in [-0.4, -0.2) is 18.5 Å². The normalized spacial score (nSPS) is 9.47. The summed E-state index contributed by atoms with van der Waals surface area (Å²) in [6, 6.07) is 6.89. The van der Waals surface area contributed by atoms with Gasteiger partial charge < -0.3 is 10.1 Å². The molecule has 80 valence electrons. The van der Waals surface area contributed by atoms with Crippen LogP contribution in [0.3, 0.4) is 0 Å². The van der Waals surface area contributed by atoms with Gasteiger partial charge in [0.25, 0.3) is 0 Å². The number of ether oxygens (including phenoxy) is 1. The molecule has 15 heavy (non-hydrogen) atoms. The Kier molecular flexibility index (Phi) is 4.30. The lowest BCUT2D eigenvalue weighted by molar-refractivity contribution is -0.152. The lowest BCUT2D eigenvalue weighted by Gasteiger charge is -2.04. The summed E-state index contributed by atoms with van der Waals surface area (Å²) in [5.74, 6) is -1.64. The van der Waals surface area contributed by atoms with Crippen molar-refractivity contribution in [3.8, 4) is 0 Å². The van der Waals surface area contributed by atoms with Gasteiger partial charge in [0.1, 0.15) is 0 Å². The Hall–Kier alpha value is -1.36. The average molecular weight is 272 g/mol. The second-order valence-corrected chi connectivity index (χ2v) is 3.60. The second kappa shape index (κ2) is 5.50. The summed E-state index contributed by atoms with van der Waals surface area (Å²) >= 11 is 3.26. The molecule has 0 radical (unpaired) electrons. The number of carbonyl (C=O) groups is 2. The first kappa shape index (κ1) is 11.7. The molecule has 1 rings (SSSR count). The van der Waals surface area contributed by atoms with E-state index in [2.05, 4.69) is 26.0 Å². The first-order valence-electron chi connectivity index (χ1n) is 4.37. The molecule has 0 spiro atoms. The van der Waals surface area contributed by atoms with E-state index in [1.165, 1.54) is 0 Å². The quantitative estimate of drug-likeness (QED) is 0.661. The third-order valence-corrected chi connectivity index (χ3v) is 2.09. The van der Waals surface area contributed by atoms with E-state index in [0.717, 1.165) is 4.47 Å². The molecule has 1 amide bonds. The Morgan fingerprint density at radius 3 is 2.47 bits per heavy atom. The van der Waals surface area contributed by atoms with Crippen LogP contribution >= 0.6 is 15.9 Å². The fourth-order valence-electron chi connectivity index (χ4n) is 0.912. The minimum Gasteiger partial charge on any atom is -0.459 e. The molecule has 0 atom stereocenters. The standard InChI is InChI=1S/C10H10BrNO3/c1-2-15-10(14)9(13)12-8-5-3-7(11)4-6-8/h3-6H,2H2,1H3,(H,12,13). The number of rotatable bonds is 2. The fraction of sp³-hybridized carbons (Fsp3) is 0.200. The predicted octanol–water partition coefficient (Wildman–Crippen LogP) is 1.95. The predicted molar refractivity (Wildman–Crippen MR) is 59.4 cm³/mol. The second-order valence-electron chi connectivity index (χ2n) is 2.68. The number of anilines is 1. The summed E-state index contributed by atoms with van der Waals surface area (Å²) < 4.78 is 5.44. The highest BCUT2D eigenvalue weighted by Gasteiger charge is 2.14. The molecule has 0 heterocycles. The molecule has 0 aromatic heterocycles. The molecule has 5 heteroatoms. The Labute approximate surface area is 95.7 Å². The maximum Gasteiger partial charge on any atom is 0.397 e. The summed E-state index contributed by atoms with van der Waals surface area (Å²) in [7, 11) is 0. The summed E-state index contributed by atoms with van der Waals surface area (Å²) in [6.07, 6.45) is 0. The molecule has 1 N–H and O–H groups in total. The molecule has 0 saturated carbocycles. The van der Waals surface area contributed by atoms with Crippen molar-refractivity contribution in [1.82, 2.24) is 0 Å². The van der Waals surface area contributed by atoms with E-state index in [0.29, 0.717) is 5.69 Å². The number of hydrogen-bond acceptors (Lipinski definition) is 3. The van der Waals surface area contributed by atoms with Crippen LogP contribution in [0.5, 0.6) is 0 Å². The highest BCUT2D eigenvalue weighted by molar-refractivity contribution is 9.10. The van der Waals surface area contributed by atoms with E-state index in [1.807, 2.05) is 0 Å². The number of carbonyl (C=O) groups excluding carboxylic acids is 2. The zero-order chi connectivity index (χ0) is 11.3. The zero-order valence-corrected chi connectivity index (χ0v) is 9.71. The van der Waals surface area contributed by atoms with Crippen LogP contribution in [0.15, 0.2) is 28.7 Å². The lowest BCUT2D eigenvalue weighted by Crippen LogP contribution is -2.24. The molecule has 0 aliphatic heterocycles. The number of hydrogen-bond donors (Lipinski definition) is 1. The molecule has 0 bridgehead atoms. The first-order valence-corrected chi connectivity index (χ1v) is 5.16. The van der Waals surface area contributed by atoms with E-state index < -0.39 is 11.9 Å². The number of amides is 1. The smallest absolute Gasteiger partial charge is 0.397 e. The topological polar surface area (TPSA) is 55.4 Å². The van der Waals surface area contributed by atoms with Crippen molar-refractivity contribution in [2.45, 2.75) is 6.92 Å². The van der Waals surface area contributed by atoms with Gasteiger partial charge in [-0.15, -0.1) is 0 Å². The molecule has 0 aliphatic rings. The van der Waals surface area contributed by atoms with Gasteiger partial charge in [-0.3, -0.25) is 4.79 Å². The summed E-state index contributed by atoms with van der Waals surface area (Å²) in [6.45, 7) is 1.83. The van der Waals surface area contributed by atoms with Gasteiger partial charge in [-0.25, -0.2) is 4.79 Å². The van der Waals surface area contributed by atoms with Crippen LogP contribution < -0.4 is 5.32 Å². The molecule has 4 nitrogen and oxygen atoms in total. The van der Waals surface area contributed by atoms with Gasteiger partial charge in [0.15, 0.2) is 0 Å². The van der Waals surface area contributed by atoms with Crippen molar-refractivity contribution >= 4 is 33.5 Å². The number of benzene rings is 1. The van der Waals surface area contributed by atoms with E-state index >= 15 is 0 Å². The molecule has 0 unspecified atom stereocenters. The third kappa shape index (κ3) is 3.71. The zero-order valence-electron chi connectivity index (χ0n) is 8.12. The molecular weight excluding hydrogens is 262 g/mol. The average Bonchev–Trinajstić information content (AvgIpc) is 2.22. The monoisotopic (exact) mass is 271 g/mol. The molecule has 1 aromatic rings. The van der Waals surface area contributed by atoms with Crippen molar-refractivity contribution < 1.29 is 14.3 Å². The van der Waals surface area contributed by atoms with E-state index in [-0.39, 0.29) is 6.61 Å². The van der Waals surface area contributed by atoms with Gasteiger partial charge in [0.2, 0.25) is 0 Å². The Morgan fingerprint density at radius 2 is 1.93 bits per heavy atom. The number of halogens is 1. The van der Waals surface area contributed by atoms with Crippen LogP contribution in [-0.2, 0) is 14.3 Å². The van der Waals surface area contributed by atoms with Crippen LogP contribution in [0.4, 0.5) is 5.69 Å². The van der Waals surface area contributed by atoms with Crippen molar-refractivity contribution in [3.05, 3.63) is 28.7 Å². The van der Waals surface area contributed by atoms with Gasteiger partial charge in [-0.1, -0.05) is 15.9 Å². The SMILES string of the molecule is CCOC(=O)C(=O)Nc1ccc(Br)cc1. The first-order chi connectivity index (χ1) is 7.13.